The van der Waals surface area contributed by atoms with E-state index in [0.717, 1.165) is 38.5 Å². The molecule has 0 unspecified atom stereocenters. The van der Waals surface area contributed by atoms with Crippen LogP contribution in [-0.2, 0) is 9.59 Å². The van der Waals surface area contributed by atoms with Gasteiger partial charge in [0.15, 0.2) is 11.6 Å². The molecule has 24 heavy (non-hydrogen) atoms. The fourth-order valence-corrected chi connectivity index (χ4v) is 7.15. The summed E-state index contributed by atoms with van der Waals surface area (Å²) in [4.78, 5) is 24.1. The van der Waals surface area contributed by atoms with Crippen LogP contribution in [0.2, 0.25) is 0 Å². The molecule has 4 aliphatic carbocycles. The molecule has 6 atom stereocenters. The van der Waals surface area contributed by atoms with E-state index < -0.39 is 5.60 Å². The van der Waals surface area contributed by atoms with Crippen molar-refractivity contribution in [3.63, 3.8) is 0 Å². The average Bonchev–Trinajstić information content (AvgIpc) is 2.81. The molecule has 0 aliphatic heterocycles. The Morgan fingerprint density at radius 3 is 2.50 bits per heavy atom. The lowest BCUT2D eigenvalue weighted by molar-refractivity contribution is -0.160. The number of aliphatic hydroxyl groups is 1. The topological polar surface area (TPSA) is 54.4 Å². The van der Waals surface area contributed by atoms with E-state index >= 15 is 0 Å². The van der Waals surface area contributed by atoms with Crippen LogP contribution in [0.1, 0.15) is 72.1 Å². The number of hydrogen-bond acceptors (Lipinski definition) is 3. The second kappa shape index (κ2) is 5.03. The fraction of sp³-hybridized carbons (Fsp3) is 0.810. The minimum atomic E-state index is -1.12. The number of Topliss-reactive ketones (excluding diaryl/α,β-unsaturated/α-hetero) is 1. The van der Waals surface area contributed by atoms with Crippen LogP contribution in [0.25, 0.3) is 0 Å². The minimum absolute atomic E-state index is 0.0446. The second-order valence-corrected chi connectivity index (χ2v) is 9.38. The fourth-order valence-electron chi connectivity index (χ4n) is 7.15. The van der Waals surface area contributed by atoms with E-state index in [1.54, 1.807) is 6.92 Å². The van der Waals surface area contributed by atoms with Gasteiger partial charge in [-0.25, -0.2) is 0 Å². The van der Waals surface area contributed by atoms with Crippen LogP contribution < -0.4 is 0 Å². The molecular formula is C21H30O3. The number of rotatable bonds is 1. The maximum Gasteiger partial charge on any atom is 0.161 e. The molecule has 3 fully saturated rings. The van der Waals surface area contributed by atoms with Crippen LogP contribution in [0, 0.1) is 28.6 Å². The van der Waals surface area contributed by atoms with Crippen LogP contribution in [0.5, 0.6) is 0 Å². The zero-order valence-electron chi connectivity index (χ0n) is 15.2. The molecule has 132 valence electrons. The van der Waals surface area contributed by atoms with Crippen molar-refractivity contribution in [2.24, 2.45) is 28.6 Å². The molecule has 0 aromatic rings. The molecule has 0 aromatic carbocycles. The third kappa shape index (κ3) is 1.88. The van der Waals surface area contributed by atoms with Gasteiger partial charge in [0, 0.05) is 11.8 Å². The zero-order valence-corrected chi connectivity index (χ0v) is 15.2. The van der Waals surface area contributed by atoms with Gasteiger partial charge in [-0.1, -0.05) is 19.4 Å². The van der Waals surface area contributed by atoms with Gasteiger partial charge in [0.1, 0.15) is 5.60 Å². The SMILES string of the molecule is CC(=O)[C@]1(O)CC[C@@H]2[C@H]3CCC4=CC(=O)CC[C@]4(C)[C@@H]3CC[C@]21C. The maximum absolute atomic E-state index is 12.2. The van der Waals surface area contributed by atoms with Crippen molar-refractivity contribution in [2.75, 3.05) is 0 Å². The summed E-state index contributed by atoms with van der Waals surface area (Å²) in [6.07, 6.45) is 9.37. The van der Waals surface area contributed by atoms with E-state index in [9.17, 15) is 14.7 Å². The first-order valence-corrected chi connectivity index (χ1v) is 9.70. The number of carbonyl (C=O) groups excluding carboxylic acids is 2. The Balaban J connectivity index is 1.70. The highest BCUT2D eigenvalue weighted by molar-refractivity contribution is 5.91. The molecule has 0 aromatic heterocycles. The van der Waals surface area contributed by atoms with Crippen molar-refractivity contribution >= 4 is 11.6 Å². The first-order chi connectivity index (χ1) is 11.2. The number of fused-ring (bicyclic) bond motifs is 5. The molecule has 3 nitrogen and oxygen atoms in total. The Labute approximate surface area is 144 Å². The molecule has 0 amide bonds. The lowest BCUT2D eigenvalue weighted by Gasteiger charge is -2.58. The molecule has 3 saturated carbocycles. The third-order valence-electron chi connectivity index (χ3n) is 8.70. The van der Waals surface area contributed by atoms with Crippen molar-refractivity contribution in [2.45, 2.75) is 77.7 Å². The van der Waals surface area contributed by atoms with Gasteiger partial charge in [0.25, 0.3) is 0 Å². The highest BCUT2D eigenvalue weighted by Crippen LogP contribution is 2.67. The van der Waals surface area contributed by atoms with E-state index in [1.807, 2.05) is 6.08 Å². The molecular weight excluding hydrogens is 300 g/mol. The van der Waals surface area contributed by atoms with Gasteiger partial charge in [-0.2, -0.15) is 0 Å². The molecule has 0 saturated heterocycles. The summed E-state index contributed by atoms with van der Waals surface area (Å²) in [6.45, 7) is 6.10. The number of hydrogen-bond donors (Lipinski definition) is 1. The van der Waals surface area contributed by atoms with E-state index in [4.69, 9.17) is 0 Å². The molecule has 0 spiro atoms. The summed E-state index contributed by atoms with van der Waals surface area (Å²) in [7, 11) is 0. The molecule has 1 N–H and O–H groups in total. The Morgan fingerprint density at radius 1 is 1.08 bits per heavy atom. The Morgan fingerprint density at radius 2 is 1.79 bits per heavy atom. The summed E-state index contributed by atoms with van der Waals surface area (Å²) >= 11 is 0. The average molecular weight is 330 g/mol. The molecule has 0 radical (unpaired) electrons. The lowest BCUT2D eigenvalue weighted by atomic mass is 9.46. The summed E-state index contributed by atoms with van der Waals surface area (Å²) in [5.74, 6) is 1.90. The Hall–Kier alpha value is -0.960. The van der Waals surface area contributed by atoms with Gasteiger partial charge < -0.3 is 5.11 Å². The number of ketones is 2. The Bertz CT molecular complexity index is 635. The van der Waals surface area contributed by atoms with Gasteiger partial charge in [-0.3, -0.25) is 9.59 Å². The quantitative estimate of drug-likeness (QED) is 0.795. The lowest BCUT2D eigenvalue weighted by Crippen LogP contribution is -2.57. The van der Waals surface area contributed by atoms with Crippen LogP contribution in [0.4, 0.5) is 0 Å². The summed E-state index contributed by atoms with van der Waals surface area (Å²) in [5, 5.41) is 11.1. The van der Waals surface area contributed by atoms with Gasteiger partial charge in [0.2, 0.25) is 0 Å². The molecule has 4 aliphatic rings. The van der Waals surface area contributed by atoms with Crippen molar-refractivity contribution in [1.29, 1.82) is 0 Å². The van der Waals surface area contributed by atoms with Crippen molar-refractivity contribution in [3.05, 3.63) is 11.6 Å². The summed E-state index contributed by atoms with van der Waals surface area (Å²) < 4.78 is 0. The highest BCUT2D eigenvalue weighted by Gasteiger charge is 2.65. The first kappa shape index (κ1) is 16.5. The molecule has 0 bridgehead atoms. The van der Waals surface area contributed by atoms with Crippen molar-refractivity contribution < 1.29 is 14.7 Å². The maximum atomic E-state index is 12.2. The smallest absolute Gasteiger partial charge is 0.161 e. The predicted octanol–water partition coefficient (Wildman–Crippen LogP) is 3.84. The monoisotopic (exact) mass is 330 g/mol. The molecule has 4 rings (SSSR count). The first-order valence-electron chi connectivity index (χ1n) is 9.70. The van der Waals surface area contributed by atoms with Crippen molar-refractivity contribution in [1.82, 2.24) is 0 Å². The third-order valence-corrected chi connectivity index (χ3v) is 8.70. The van der Waals surface area contributed by atoms with Crippen molar-refractivity contribution in [3.8, 4) is 0 Å². The van der Waals surface area contributed by atoms with Gasteiger partial charge in [-0.15, -0.1) is 0 Å². The standard InChI is InChI=1S/C21H30O3/c1-13(22)21(24)11-8-18-16-5-4-14-12-15(23)6-9-19(14,2)17(16)7-10-20(18,21)3/h12,16-18,24H,4-11H2,1-3H3/t16-,17+,18+,19-,20+,21+/m0/s1. The molecule has 3 heteroatoms. The molecule has 0 heterocycles. The van der Waals surface area contributed by atoms with Gasteiger partial charge >= 0.3 is 0 Å². The van der Waals surface area contributed by atoms with Gasteiger partial charge in [0.05, 0.1) is 0 Å². The van der Waals surface area contributed by atoms with E-state index in [1.165, 1.54) is 5.57 Å². The van der Waals surface area contributed by atoms with E-state index in [-0.39, 0.29) is 16.6 Å². The minimum Gasteiger partial charge on any atom is -0.382 e. The Kier molecular flexibility index (Phi) is 3.46. The summed E-state index contributed by atoms with van der Waals surface area (Å²) in [6, 6.07) is 0. The van der Waals surface area contributed by atoms with Crippen LogP contribution in [0.15, 0.2) is 11.6 Å². The number of carbonyl (C=O) groups is 2. The van der Waals surface area contributed by atoms with E-state index in [0.29, 0.717) is 36.4 Å². The zero-order chi connectivity index (χ0) is 17.3. The van der Waals surface area contributed by atoms with Crippen LogP contribution in [-0.4, -0.2) is 22.3 Å². The summed E-state index contributed by atoms with van der Waals surface area (Å²) in [5.41, 5.74) is 0.155. The largest absolute Gasteiger partial charge is 0.382 e. The predicted molar refractivity (Wildman–Crippen MR) is 92.3 cm³/mol. The van der Waals surface area contributed by atoms with Gasteiger partial charge in [-0.05, 0) is 81.1 Å². The normalized spacial score (nSPS) is 50.6. The van der Waals surface area contributed by atoms with Crippen LogP contribution in [0.3, 0.4) is 0 Å². The second-order valence-electron chi connectivity index (χ2n) is 9.38. The number of allylic oxidation sites excluding steroid dienone is 1. The van der Waals surface area contributed by atoms with Crippen LogP contribution >= 0.6 is 0 Å². The van der Waals surface area contributed by atoms with E-state index in [2.05, 4.69) is 13.8 Å². The highest BCUT2D eigenvalue weighted by atomic mass is 16.3.